The molecule has 0 aromatic carbocycles. The van der Waals surface area contributed by atoms with E-state index in [1.165, 1.54) is 24.3 Å². The van der Waals surface area contributed by atoms with Crippen LogP contribution in [0.25, 0.3) is 0 Å². The Kier molecular flexibility index (Phi) is 21.6. The van der Waals surface area contributed by atoms with Crippen LogP contribution in [0.1, 0.15) is 85.3 Å². The van der Waals surface area contributed by atoms with Gasteiger partial charge in [0.15, 0.2) is 0 Å². The number of rotatable bonds is 26. The molecule has 1 aliphatic heterocycles. The van der Waals surface area contributed by atoms with Crippen molar-refractivity contribution in [2.45, 2.75) is 134 Å². The van der Waals surface area contributed by atoms with Crippen molar-refractivity contribution in [1.29, 1.82) is 0 Å². The number of hydrogen-bond donors (Lipinski definition) is 12. The van der Waals surface area contributed by atoms with Gasteiger partial charge in [0.1, 0.15) is 48.3 Å². The molecule has 0 saturated carbocycles. The number of carbonyl (C=O) groups excluding carboxylic acids is 7. The second-order valence-corrected chi connectivity index (χ2v) is 15.9. The number of unbranched alkanes of at least 4 members (excludes halogenated alkanes) is 1. The van der Waals surface area contributed by atoms with Crippen molar-refractivity contribution in [3.8, 4) is 0 Å². The number of amides is 7. The lowest BCUT2D eigenvalue weighted by Crippen LogP contribution is -2.61. The van der Waals surface area contributed by atoms with Crippen molar-refractivity contribution in [3.63, 3.8) is 0 Å². The van der Waals surface area contributed by atoms with Crippen LogP contribution in [0, 0.1) is 11.8 Å². The highest BCUT2D eigenvalue weighted by molar-refractivity contribution is 5.97. The van der Waals surface area contributed by atoms with Gasteiger partial charge in [-0.3, -0.25) is 33.6 Å². The molecule has 1 aromatic heterocycles. The van der Waals surface area contributed by atoms with Gasteiger partial charge in [-0.2, -0.15) is 0 Å². The quantitative estimate of drug-likeness (QED) is 0.0403. The summed E-state index contributed by atoms with van der Waals surface area (Å²) in [5.41, 5.74) is 11.5. The molecular weight excluding hydrogens is 786 g/mol. The van der Waals surface area contributed by atoms with Crippen LogP contribution in [0.4, 0.5) is 0 Å². The number of nitrogens with two attached hydrogens (primary N) is 2. The third kappa shape index (κ3) is 16.5. The Morgan fingerprint density at radius 2 is 1.35 bits per heavy atom. The Bertz CT molecular complexity index is 1590. The smallest absolute Gasteiger partial charge is 0.326 e. The van der Waals surface area contributed by atoms with Gasteiger partial charge in [0.2, 0.25) is 41.4 Å². The number of H-pyrrole nitrogens is 1. The van der Waals surface area contributed by atoms with Crippen LogP contribution in [0.15, 0.2) is 12.5 Å². The van der Waals surface area contributed by atoms with Gasteiger partial charge in [0.25, 0.3) is 0 Å². The topological polar surface area (TPSA) is 353 Å². The zero-order valence-electron chi connectivity index (χ0n) is 35.1. The van der Waals surface area contributed by atoms with Gasteiger partial charge in [-0.15, -0.1) is 0 Å². The van der Waals surface area contributed by atoms with Crippen LogP contribution in [-0.4, -0.2) is 152 Å². The fourth-order valence-corrected chi connectivity index (χ4v) is 6.52. The average Bonchev–Trinajstić information content (AvgIpc) is 3.90. The van der Waals surface area contributed by atoms with Crippen LogP contribution < -0.4 is 43.4 Å². The molecule has 22 heteroatoms. The summed E-state index contributed by atoms with van der Waals surface area (Å²) in [5, 5.41) is 43.9. The number of aliphatic hydroxyl groups excluding tert-OH is 2. The number of hydrogen-bond acceptors (Lipinski definition) is 13. The molecule has 338 valence electrons. The number of aliphatic hydroxyl groups is 2. The number of carboxylic acids is 1. The van der Waals surface area contributed by atoms with E-state index in [2.05, 4.69) is 41.9 Å². The summed E-state index contributed by atoms with van der Waals surface area (Å²) in [6, 6.07) is -9.94. The fourth-order valence-electron chi connectivity index (χ4n) is 6.52. The number of nitrogens with one attached hydrogen (secondary N) is 7. The van der Waals surface area contributed by atoms with E-state index in [0.29, 0.717) is 31.5 Å². The highest BCUT2D eigenvalue weighted by atomic mass is 16.4. The molecule has 2 heterocycles. The predicted molar refractivity (Wildman–Crippen MR) is 216 cm³/mol. The Labute approximate surface area is 349 Å². The van der Waals surface area contributed by atoms with Gasteiger partial charge in [0.05, 0.1) is 19.5 Å². The first-order chi connectivity index (χ1) is 28.3. The zero-order valence-corrected chi connectivity index (χ0v) is 35.1. The van der Waals surface area contributed by atoms with Crippen molar-refractivity contribution in [2.24, 2.45) is 23.3 Å². The number of carboxylic acid groups (broad SMARTS) is 1. The summed E-state index contributed by atoms with van der Waals surface area (Å²) >= 11 is 0. The SMILES string of the molecule is CC(C)C[C@H](NC(=O)[C@H](CO)NC(=O)[C@H](C)NC(=O)[C@@H](N)CO)C(=O)N[C@@H](Cc1cnc[nH]1)C(=O)N[C@@H](CC(C)C)C(=O)N1CCC[C@H]1C(=O)N[C@@H](CCCCN)C(=O)O. The maximum Gasteiger partial charge on any atom is 0.326 e. The minimum atomic E-state index is -1.56. The number of aromatic nitrogens is 2. The number of nitrogens with zero attached hydrogens (tertiary/aromatic N) is 2. The first-order valence-corrected chi connectivity index (χ1v) is 20.3. The van der Waals surface area contributed by atoms with E-state index >= 15 is 0 Å². The lowest BCUT2D eigenvalue weighted by atomic mass is 10.00. The number of imidazole rings is 1. The monoisotopic (exact) mass is 851 g/mol. The summed E-state index contributed by atoms with van der Waals surface area (Å²) in [7, 11) is 0. The van der Waals surface area contributed by atoms with Crippen molar-refractivity contribution in [2.75, 3.05) is 26.3 Å². The van der Waals surface area contributed by atoms with E-state index in [1.54, 1.807) is 13.8 Å². The number of likely N-dealkylation sites (tertiary alicyclic amines) is 1. The molecule has 0 spiro atoms. The Balaban J connectivity index is 2.29. The van der Waals surface area contributed by atoms with E-state index in [4.69, 9.17) is 16.6 Å². The molecule has 2 rings (SSSR count). The zero-order chi connectivity index (χ0) is 45.1. The first kappa shape index (κ1) is 51.0. The molecule has 8 atom stereocenters. The third-order valence-electron chi connectivity index (χ3n) is 9.77. The molecule has 14 N–H and O–H groups in total. The molecule has 60 heavy (non-hydrogen) atoms. The lowest BCUT2D eigenvalue weighted by Gasteiger charge is -2.31. The largest absolute Gasteiger partial charge is 0.480 e. The Morgan fingerprint density at radius 1 is 0.767 bits per heavy atom. The molecule has 7 amide bonds. The van der Waals surface area contributed by atoms with Gasteiger partial charge in [-0.25, -0.2) is 9.78 Å². The molecular formula is C38H65N11O11. The molecule has 1 fully saturated rings. The summed E-state index contributed by atoms with van der Waals surface area (Å²) in [4.78, 5) is 114. The Morgan fingerprint density at radius 3 is 1.92 bits per heavy atom. The summed E-state index contributed by atoms with van der Waals surface area (Å²) in [5.74, 6) is -6.84. The van der Waals surface area contributed by atoms with Crippen molar-refractivity contribution < 1.29 is 53.7 Å². The van der Waals surface area contributed by atoms with Gasteiger partial charge in [-0.05, 0) is 70.3 Å². The molecule has 22 nitrogen and oxygen atoms in total. The van der Waals surface area contributed by atoms with Gasteiger partial charge >= 0.3 is 5.97 Å². The molecule has 0 bridgehead atoms. The van der Waals surface area contributed by atoms with Crippen LogP contribution in [0.2, 0.25) is 0 Å². The van der Waals surface area contributed by atoms with Crippen molar-refractivity contribution in [3.05, 3.63) is 18.2 Å². The van der Waals surface area contributed by atoms with Crippen LogP contribution in [0.3, 0.4) is 0 Å². The predicted octanol–water partition coefficient (Wildman–Crippen LogP) is -3.51. The van der Waals surface area contributed by atoms with Crippen LogP contribution >= 0.6 is 0 Å². The Hall–Kier alpha value is -5.19. The van der Waals surface area contributed by atoms with Gasteiger partial charge < -0.3 is 68.6 Å². The summed E-state index contributed by atoms with van der Waals surface area (Å²) in [6.07, 6.45) is 4.91. The highest BCUT2D eigenvalue weighted by Crippen LogP contribution is 2.21. The molecule has 1 saturated heterocycles. The van der Waals surface area contributed by atoms with E-state index < -0.39 is 109 Å². The second-order valence-electron chi connectivity index (χ2n) is 15.9. The normalized spacial score (nSPS) is 17.4. The number of carbonyl (C=O) groups is 8. The molecule has 0 aliphatic carbocycles. The minimum absolute atomic E-state index is 0.0657. The average molecular weight is 852 g/mol. The maximum atomic E-state index is 14.1. The number of aromatic amines is 1. The molecule has 0 radical (unpaired) electrons. The third-order valence-corrected chi connectivity index (χ3v) is 9.77. The molecule has 1 aliphatic rings. The standard InChI is InChI=1S/C38H65N11O11/c1-20(2)13-26(45-35(56)29(18-51)48-31(52)22(5)43-32(53)24(40)17-50)33(54)46-27(15-23-16-41-19-42-23)34(55)47-28(14-21(3)4)37(58)49-12-8-10-30(49)36(57)44-25(38(59)60)9-6-7-11-39/h16,19-22,24-30,50-51H,6-15,17-18,39-40H2,1-5H3,(H,41,42)(H,43,53)(H,44,57)(H,45,56)(H,46,54)(H,47,55)(H,48,52)(H,59,60)/t22-,24-,25-,26-,27-,28-,29-,30-/m0/s1. The van der Waals surface area contributed by atoms with Crippen molar-refractivity contribution >= 4 is 47.3 Å². The number of aliphatic carboxylic acids is 1. The lowest BCUT2D eigenvalue weighted by molar-refractivity contribution is -0.145. The van der Waals surface area contributed by atoms with Crippen molar-refractivity contribution in [1.82, 2.24) is 46.8 Å². The highest BCUT2D eigenvalue weighted by Gasteiger charge is 2.40. The van der Waals surface area contributed by atoms with E-state index in [1.807, 2.05) is 13.8 Å². The fraction of sp³-hybridized carbons (Fsp3) is 0.711. The second kappa shape index (κ2) is 25.4. The molecule has 1 aromatic rings. The first-order valence-electron chi connectivity index (χ1n) is 20.3. The summed E-state index contributed by atoms with van der Waals surface area (Å²) < 4.78 is 0. The minimum Gasteiger partial charge on any atom is -0.480 e. The van der Waals surface area contributed by atoms with Crippen LogP contribution in [-0.2, 0) is 44.8 Å². The maximum absolute atomic E-state index is 14.1. The van der Waals surface area contributed by atoms with Gasteiger partial charge in [0, 0.05) is 24.9 Å². The van der Waals surface area contributed by atoms with E-state index in [9.17, 15) is 48.6 Å². The van der Waals surface area contributed by atoms with Crippen LogP contribution in [0.5, 0.6) is 0 Å². The van der Waals surface area contributed by atoms with E-state index in [-0.39, 0.29) is 50.5 Å². The van der Waals surface area contributed by atoms with Gasteiger partial charge in [-0.1, -0.05) is 27.7 Å². The molecule has 0 unspecified atom stereocenters. The van der Waals surface area contributed by atoms with E-state index in [0.717, 1.165) is 0 Å². The summed E-state index contributed by atoms with van der Waals surface area (Å²) in [6.45, 7) is 7.56.